The molecule has 3 saturated heterocycles. The van der Waals surface area contributed by atoms with Crippen molar-refractivity contribution in [2.75, 3.05) is 40.5 Å². The number of fused-ring (bicyclic) bond motifs is 1. The summed E-state index contributed by atoms with van der Waals surface area (Å²) in [6.07, 6.45) is 6.69. The number of nitrogens with zero attached hydrogens (tertiary/aromatic N) is 4. The van der Waals surface area contributed by atoms with Crippen LogP contribution in [0, 0.1) is 5.92 Å². The summed E-state index contributed by atoms with van der Waals surface area (Å²) in [5, 5.41) is 7.58. The van der Waals surface area contributed by atoms with Gasteiger partial charge in [0.05, 0.1) is 63.3 Å². The van der Waals surface area contributed by atoms with E-state index in [0.717, 1.165) is 81.5 Å². The average Bonchev–Trinajstić information content (AvgIpc) is 4.14. The average molecular weight is 829 g/mol. The topological polar surface area (TPSA) is 184 Å². The summed E-state index contributed by atoms with van der Waals surface area (Å²) in [4.78, 5) is 71.7. The molecule has 8 rings (SSSR count). The minimum atomic E-state index is -0.691. The van der Waals surface area contributed by atoms with Crippen LogP contribution >= 0.6 is 0 Å². The molecule has 15 heteroatoms. The summed E-state index contributed by atoms with van der Waals surface area (Å²) < 4.78 is 15.1. The van der Waals surface area contributed by atoms with Crippen molar-refractivity contribution in [2.24, 2.45) is 5.92 Å². The lowest BCUT2D eigenvalue weighted by atomic mass is 9.98. The number of aromatic nitrogens is 4. The van der Waals surface area contributed by atoms with Gasteiger partial charge in [-0.1, -0.05) is 62.4 Å². The van der Waals surface area contributed by atoms with Crippen LogP contribution in [-0.4, -0.2) is 100 Å². The first-order chi connectivity index (χ1) is 29.6. The number of methoxy groups -OCH3 is 2. The van der Waals surface area contributed by atoms with E-state index in [9.17, 15) is 19.2 Å². The van der Waals surface area contributed by atoms with E-state index < -0.39 is 18.2 Å². The van der Waals surface area contributed by atoms with Crippen molar-refractivity contribution in [3.8, 4) is 33.6 Å². The zero-order valence-electron chi connectivity index (χ0n) is 35.0. The van der Waals surface area contributed by atoms with Crippen LogP contribution in [-0.2, 0) is 23.8 Å². The van der Waals surface area contributed by atoms with E-state index in [0.29, 0.717) is 45.0 Å². The van der Waals surface area contributed by atoms with E-state index in [1.54, 1.807) is 4.90 Å². The first kappa shape index (κ1) is 41.3. The van der Waals surface area contributed by atoms with Gasteiger partial charge in [-0.05, 0) is 89.6 Å². The zero-order chi connectivity index (χ0) is 42.6. The summed E-state index contributed by atoms with van der Waals surface area (Å²) in [5.74, 6) is 0.955. The molecule has 4 N–H and O–H groups in total. The Bertz CT molecular complexity index is 2450. The smallest absolute Gasteiger partial charge is 0.411 e. The first-order valence-corrected chi connectivity index (χ1v) is 21.0. The van der Waals surface area contributed by atoms with Crippen LogP contribution in [0.15, 0.2) is 84.3 Å². The van der Waals surface area contributed by atoms with Gasteiger partial charge in [0.25, 0.3) is 5.91 Å². The van der Waals surface area contributed by atoms with Crippen LogP contribution in [0.5, 0.6) is 0 Å². The van der Waals surface area contributed by atoms with Crippen molar-refractivity contribution in [3.05, 3.63) is 96.0 Å². The number of ether oxygens (including phenoxy) is 3. The molecule has 0 bridgehead atoms. The standard InChI is InChI=1S/C46H52N8O7/c1-27(2)39(51-45(57)59-3)43(55)53-19-5-7-37(53)42-48-26-36(50-42)34-16-15-32-23-31(13-14-33(32)24-34)28-9-11-29(12-10-28)35-25-47-41(49-35)38-8-6-20-54(38)44(56)40(52-46(58)60-4)30-17-21-61-22-18-30/h9-16,23-27,37-39H,5-8,17-22H2,1-4H3,(H,47,49)(H,48,50)(H,51,57)(H,52,58)/t37-,38-,39?/m0/s1. The zero-order valence-corrected chi connectivity index (χ0v) is 35.0. The summed E-state index contributed by atoms with van der Waals surface area (Å²) in [5.41, 5.74) is 6.99. The van der Waals surface area contributed by atoms with Gasteiger partial charge in [0, 0.05) is 18.7 Å². The third-order valence-corrected chi connectivity index (χ3v) is 12.0. The number of hydrogen-bond acceptors (Lipinski definition) is 9. The largest absolute Gasteiger partial charge is 0.453 e. The number of carbonyl (C=O) groups excluding carboxylic acids is 4. The van der Waals surface area contributed by atoms with Crippen molar-refractivity contribution < 1.29 is 33.4 Å². The SMILES string of the molecule is COC(=O)NC(C(=O)N1CCC[C@H]1c1ncc(-c2ccc(-c3ccc4cc(-c5cnc([C@@H]6CCCN6C(=O)C(NC(=O)OC)C(C)C)[nH]5)ccc4c3)cc2)[nH]1)=C1CCOCC1. The molecular formula is C46H52N8O7. The molecule has 61 heavy (non-hydrogen) atoms. The number of amides is 4. The molecule has 318 valence electrons. The van der Waals surface area contributed by atoms with Crippen LogP contribution in [0.25, 0.3) is 44.4 Å². The molecule has 0 spiro atoms. The van der Waals surface area contributed by atoms with Crippen LogP contribution in [0.4, 0.5) is 9.59 Å². The van der Waals surface area contributed by atoms with E-state index in [1.165, 1.54) is 14.2 Å². The number of benzene rings is 3. The fraction of sp³-hybridized carbons (Fsp3) is 0.391. The normalized spacial score (nSPS) is 18.3. The molecule has 1 unspecified atom stereocenters. The second-order valence-corrected chi connectivity index (χ2v) is 16.1. The molecule has 0 saturated carbocycles. The van der Waals surface area contributed by atoms with E-state index in [1.807, 2.05) is 31.1 Å². The Kier molecular flexibility index (Phi) is 12.2. The minimum absolute atomic E-state index is 0.108. The van der Waals surface area contributed by atoms with Crippen molar-refractivity contribution >= 4 is 34.8 Å². The quantitative estimate of drug-likeness (QED) is 0.104. The van der Waals surface area contributed by atoms with Gasteiger partial charge >= 0.3 is 12.2 Å². The molecule has 4 amide bonds. The Morgan fingerprint density at radius 2 is 1.26 bits per heavy atom. The van der Waals surface area contributed by atoms with Crippen molar-refractivity contribution in [1.82, 2.24) is 40.4 Å². The fourth-order valence-electron chi connectivity index (χ4n) is 8.68. The molecule has 3 aliphatic rings. The molecule has 5 aromatic rings. The number of imidazole rings is 2. The second kappa shape index (κ2) is 18.0. The number of carbonyl (C=O) groups is 4. The highest BCUT2D eigenvalue weighted by molar-refractivity contribution is 5.97. The molecule has 2 aromatic heterocycles. The predicted molar refractivity (Wildman–Crippen MR) is 229 cm³/mol. The number of aromatic amines is 2. The van der Waals surface area contributed by atoms with E-state index in [4.69, 9.17) is 24.2 Å². The molecule has 0 radical (unpaired) electrons. The van der Waals surface area contributed by atoms with Gasteiger partial charge in [-0.25, -0.2) is 19.6 Å². The molecule has 5 heterocycles. The van der Waals surface area contributed by atoms with Gasteiger partial charge in [0.2, 0.25) is 5.91 Å². The third kappa shape index (κ3) is 8.74. The van der Waals surface area contributed by atoms with Crippen LogP contribution in [0.1, 0.15) is 76.1 Å². The summed E-state index contributed by atoms with van der Waals surface area (Å²) in [7, 11) is 2.58. The van der Waals surface area contributed by atoms with Crippen molar-refractivity contribution in [3.63, 3.8) is 0 Å². The molecule has 3 atom stereocenters. The predicted octanol–water partition coefficient (Wildman–Crippen LogP) is 7.42. The third-order valence-electron chi connectivity index (χ3n) is 12.0. The van der Waals surface area contributed by atoms with E-state index >= 15 is 0 Å². The van der Waals surface area contributed by atoms with Gasteiger partial charge in [-0.15, -0.1) is 0 Å². The number of H-pyrrole nitrogens is 2. The maximum Gasteiger partial charge on any atom is 0.411 e. The Labute approximate surface area is 354 Å². The Hall–Kier alpha value is -6.48. The van der Waals surface area contributed by atoms with Crippen LogP contribution < -0.4 is 10.6 Å². The Morgan fingerprint density at radius 3 is 1.89 bits per heavy atom. The monoisotopic (exact) mass is 828 g/mol. The first-order valence-electron chi connectivity index (χ1n) is 21.0. The van der Waals surface area contributed by atoms with Gasteiger partial charge in [-0.3, -0.25) is 14.9 Å². The summed E-state index contributed by atoms with van der Waals surface area (Å²) in [6.45, 7) is 5.96. The van der Waals surface area contributed by atoms with E-state index in [2.05, 4.69) is 81.3 Å². The maximum absolute atomic E-state index is 13.9. The molecule has 3 aromatic carbocycles. The van der Waals surface area contributed by atoms with Crippen LogP contribution in [0.2, 0.25) is 0 Å². The number of likely N-dealkylation sites (tertiary alicyclic amines) is 2. The number of alkyl carbamates (subject to hydrolysis) is 2. The molecule has 3 aliphatic heterocycles. The van der Waals surface area contributed by atoms with Crippen molar-refractivity contribution in [1.29, 1.82) is 0 Å². The summed E-state index contributed by atoms with van der Waals surface area (Å²) in [6, 6.07) is 19.9. The lowest BCUT2D eigenvalue weighted by Gasteiger charge is -2.30. The van der Waals surface area contributed by atoms with Crippen molar-refractivity contribution in [2.45, 2.75) is 70.5 Å². The molecule has 15 nitrogen and oxygen atoms in total. The lowest BCUT2D eigenvalue weighted by molar-refractivity contribution is -0.135. The summed E-state index contributed by atoms with van der Waals surface area (Å²) >= 11 is 0. The molecular weight excluding hydrogens is 777 g/mol. The lowest BCUT2D eigenvalue weighted by Crippen LogP contribution is -2.51. The highest BCUT2D eigenvalue weighted by atomic mass is 16.5. The van der Waals surface area contributed by atoms with Gasteiger partial charge in [-0.2, -0.15) is 0 Å². The number of nitrogens with one attached hydrogen (secondary N) is 4. The maximum atomic E-state index is 13.9. The number of rotatable bonds is 10. The van der Waals surface area contributed by atoms with Gasteiger partial charge in [0.15, 0.2) is 0 Å². The minimum Gasteiger partial charge on any atom is -0.453 e. The van der Waals surface area contributed by atoms with Crippen LogP contribution in [0.3, 0.4) is 0 Å². The Morgan fingerprint density at radius 1 is 0.721 bits per heavy atom. The van der Waals surface area contributed by atoms with Gasteiger partial charge < -0.3 is 39.3 Å². The molecule has 3 fully saturated rings. The Balaban J connectivity index is 0.942. The highest BCUT2D eigenvalue weighted by Crippen LogP contribution is 2.36. The van der Waals surface area contributed by atoms with Gasteiger partial charge in [0.1, 0.15) is 23.4 Å². The fourth-order valence-corrected chi connectivity index (χ4v) is 8.68. The number of hydrogen-bond donors (Lipinski definition) is 4. The highest BCUT2D eigenvalue weighted by Gasteiger charge is 2.38. The molecule has 0 aliphatic carbocycles. The van der Waals surface area contributed by atoms with E-state index in [-0.39, 0.29) is 35.5 Å². The second-order valence-electron chi connectivity index (χ2n) is 16.1.